The number of amides is 1. The fraction of sp³-hybridized carbons (Fsp3) is 0.619. The van der Waals surface area contributed by atoms with E-state index in [4.69, 9.17) is 9.47 Å². The van der Waals surface area contributed by atoms with Crippen molar-refractivity contribution in [3.63, 3.8) is 0 Å². The van der Waals surface area contributed by atoms with Crippen LogP contribution in [0.25, 0.3) is 0 Å². The van der Waals surface area contributed by atoms with Crippen molar-refractivity contribution in [3.05, 3.63) is 42.2 Å². The number of fused-ring (bicyclic) bond motifs is 1. The Labute approximate surface area is 155 Å². The quantitative estimate of drug-likeness (QED) is 0.778. The zero-order valence-electron chi connectivity index (χ0n) is 15.5. The fourth-order valence-electron chi connectivity index (χ4n) is 4.48. The molecule has 4 rings (SSSR count). The van der Waals surface area contributed by atoms with E-state index in [0.29, 0.717) is 13.2 Å². The van der Waals surface area contributed by atoms with E-state index in [1.54, 1.807) is 12.4 Å². The molecule has 0 radical (unpaired) electrons. The second-order valence-corrected chi connectivity index (χ2v) is 7.98. The Balaban J connectivity index is 1.47. The molecule has 0 spiro atoms. The highest BCUT2D eigenvalue weighted by molar-refractivity contribution is 5.83. The lowest BCUT2D eigenvalue weighted by molar-refractivity contribution is -0.145. The summed E-state index contributed by atoms with van der Waals surface area (Å²) in [5.41, 5.74) is 0.818. The number of likely N-dealkylation sites (tertiary alicyclic amines) is 1. The van der Waals surface area contributed by atoms with Crippen LogP contribution in [0.1, 0.15) is 44.6 Å². The molecule has 2 fully saturated rings. The number of pyridine rings is 1. The van der Waals surface area contributed by atoms with Crippen LogP contribution in [-0.2, 0) is 20.9 Å². The molecule has 2 aliphatic heterocycles. The number of allylic oxidation sites excluding steroid dienone is 2. The Bertz CT molecular complexity index is 662. The molecule has 2 saturated heterocycles. The van der Waals surface area contributed by atoms with Crippen LogP contribution in [0.15, 0.2) is 36.7 Å². The Hall–Kier alpha value is -1.72. The number of carbonyl (C=O) groups excluding carboxylic acids is 1. The Morgan fingerprint density at radius 1 is 1.38 bits per heavy atom. The molecular weight excluding hydrogens is 328 g/mol. The van der Waals surface area contributed by atoms with E-state index < -0.39 is 0 Å². The van der Waals surface area contributed by atoms with Crippen LogP contribution in [0.3, 0.4) is 0 Å². The molecule has 1 aromatic rings. The van der Waals surface area contributed by atoms with Crippen molar-refractivity contribution in [2.24, 2.45) is 5.41 Å². The molecule has 5 heteroatoms. The third-order valence-electron chi connectivity index (χ3n) is 6.07. The summed E-state index contributed by atoms with van der Waals surface area (Å²) >= 11 is 0. The van der Waals surface area contributed by atoms with E-state index in [2.05, 4.69) is 29.0 Å². The summed E-state index contributed by atoms with van der Waals surface area (Å²) in [6.45, 7) is 4.04. The summed E-state index contributed by atoms with van der Waals surface area (Å²) in [6, 6.07) is 4.08. The molecule has 0 saturated carbocycles. The number of aromatic nitrogens is 1. The van der Waals surface area contributed by atoms with Crippen LogP contribution in [-0.4, -0.2) is 47.2 Å². The first kappa shape index (κ1) is 17.7. The standard InChI is InChI=1S/C21H28N2O3/c1-21(9-3-2-4-10-21)20(24)23-14-18(19-17(23)6-5-13-25-19)26-15-16-7-11-22-12-8-16/h2-3,7-8,11-12,17-19H,4-6,9-10,13-15H2,1H3/t17-,18+,19+,21?/m1/s1. The molecule has 1 unspecified atom stereocenters. The van der Waals surface area contributed by atoms with Crippen molar-refractivity contribution in [2.75, 3.05) is 13.2 Å². The van der Waals surface area contributed by atoms with E-state index in [1.165, 1.54) is 0 Å². The zero-order chi connectivity index (χ0) is 18.0. The number of rotatable bonds is 4. The third kappa shape index (κ3) is 3.42. The normalized spacial score (nSPS) is 33.9. The highest BCUT2D eigenvalue weighted by atomic mass is 16.5. The van der Waals surface area contributed by atoms with Gasteiger partial charge in [-0.3, -0.25) is 9.78 Å². The van der Waals surface area contributed by atoms with Gasteiger partial charge in [-0.2, -0.15) is 0 Å². The minimum Gasteiger partial charge on any atom is -0.373 e. The molecule has 3 heterocycles. The molecule has 3 aliphatic rings. The lowest BCUT2D eigenvalue weighted by atomic mass is 9.77. The van der Waals surface area contributed by atoms with Crippen LogP contribution in [0.4, 0.5) is 0 Å². The molecular formula is C21H28N2O3. The number of hydrogen-bond donors (Lipinski definition) is 0. The topological polar surface area (TPSA) is 51.7 Å². The van der Waals surface area contributed by atoms with Gasteiger partial charge in [-0.1, -0.05) is 19.1 Å². The van der Waals surface area contributed by atoms with Gasteiger partial charge in [0.2, 0.25) is 5.91 Å². The molecule has 0 bridgehead atoms. The lowest BCUT2D eigenvalue weighted by Crippen LogP contribution is -2.48. The molecule has 0 aromatic carbocycles. The van der Waals surface area contributed by atoms with Gasteiger partial charge in [0.05, 0.1) is 18.1 Å². The maximum Gasteiger partial charge on any atom is 0.229 e. The van der Waals surface area contributed by atoms with Crippen molar-refractivity contribution >= 4 is 5.91 Å². The average Bonchev–Trinajstić information content (AvgIpc) is 3.06. The molecule has 5 nitrogen and oxygen atoms in total. The maximum atomic E-state index is 13.4. The van der Waals surface area contributed by atoms with Gasteiger partial charge in [0, 0.05) is 25.5 Å². The Morgan fingerprint density at radius 3 is 3.00 bits per heavy atom. The van der Waals surface area contributed by atoms with E-state index in [-0.39, 0.29) is 29.6 Å². The summed E-state index contributed by atoms with van der Waals surface area (Å²) in [5, 5.41) is 0. The summed E-state index contributed by atoms with van der Waals surface area (Å²) < 4.78 is 12.3. The zero-order valence-corrected chi connectivity index (χ0v) is 15.5. The van der Waals surface area contributed by atoms with Crippen molar-refractivity contribution < 1.29 is 14.3 Å². The van der Waals surface area contributed by atoms with Crippen LogP contribution in [0, 0.1) is 5.41 Å². The first-order valence-electron chi connectivity index (χ1n) is 9.75. The molecule has 26 heavy (non-hydrogen) atoms. The van der Waals surface area contributed by atoms with Crippen molar-refractivity contribution in [1.82, 2.24) is 9.88 Å². The van der Waals surface area contributed by atoms with Gasteiger partial charge in [-0.15, -0.1) is 0 Å². The van der Waals surface area contributed by atoms with E-state index in [9.17, 15) is 4.79 Å². The first-order valence-corrected chi connectivity index (χ1v) is 9.75. The van der Waals surface area contributed by atoms with Crippen LogP contribution < -0.4 is 0 Å². The molecule has 140 valence electrons. The predicted octanol–water partition coefficient (Wildman–Crippen LogP) is 3.10. The van der Waals surface area contributed by atoms with Crippen LogP contribution in [0.5, 0.6) is 0 Å². The monoisotopic (exact) mass is 356 g/mol. The number of ether oxygens (including phenoxy) is 2. The summed E-state index contributed by atoms with van der Waals surface area (Å²) in [6.07, 6.45) is 12.6. The van der Waals surface area contributed by atoms with Crippen LogP contribution in [0.2, 0.25) is 0 Å². The Morgan fingerprint density at radius 2 is 2.23 bits per heavy atom. The molecule has 1 amide bonds. The van der Waals surface area contributed by atoms with Gasteiger partial charge in [0.25, 0.3) is 0 Å². The largest absolute Gasteiger partial charge is 0.373 e. The van der Waals surface area contributed by atoms with Gasteiger partial charge in [-0.25, -0.2) is 0 Å². The average molecular weight is 356 g/mol. The summed E-state index contributed by atoms with van der Waals surface area (Å²) in [4.78, 5) is 19.5. The predicted molar refractivity (Wildman–Crippen MR) is 98.4 cm³/mol. The molecule has 1 aliphatic carbocycles. The van der Waals surface area contributed by atoms with Crippen molar-refractivity contribution in [3.8, 4) is 0 Å². The van der Waals surface area contributed by atoms with Gasteiger partial charge in [0.1, 0.15) is 12.2 Å². The fourth-order valence-corrected chi connectivity index (χ4v) is 4.48. The minimum absolute atomic E-state index is 0.00253. The van der Waals surface area contributed by atoms with Gasteiger partial charge in [0.15, 0.2) is 0 Å². The number of carbonyl (C=O) groups is 1. The first-order chi connectivity index (χ1) is 12.7. The molecule has 1 aromatic heterocycles. The number of hydrogen-bond acceptors (Lipinski definition) is 4. The summed E-state index contributed by atoms with van der Waals surface area (Å²) in [7, 11) is 0. The van der Waals surface area contributed by atoms with Gasteiger partial charge in [-0.05, 0) is 49.8 Å². The second kappa shape index (κ2) is 7.49. The van der Waals surface area contributed by atoms with E-state index in [0.717, 1.165) is 44.3 Å². The molecule has 0 N–H and O–H groups in total. The Kier molecular flexibility index (Phi) is 5.09. The van der Waals surface area contributed by atoms with Gasteiger partial charge < -0.3 is 14.4 Å². The lowest BCUT2D eigenvalue weighted by Gasteiger charge is -2.38. The maximum absolute atomic E-state index is 13.4. The van der Waals surface area contributed by atoms with Gasteiger partial charge >= 0.3 is 0 Å². The van der Waals surface area contributed by atoms with E-state index in [1.807, 2.05) is 12.1 Å². The highest BCUT2D eigenvalue weighted by Gasteiger charge is 2.50. The smallest absolute Gasteiger partial charge is 0.229 e. The highest BCUT2D eigenvalue weighted by Crippen LogP contribution is 2.39. The minimum atomic E-state index is -0.281. The third-order valence-corrected chi connectivity index (χ3v) is 6.07. The van der Waals surface area contributed by atoms with E-state index >= 15 is 0 Å². The second-order valence-electron chi connectivity index (χ2n) is 7.98. The SMILES string of the molecule is CC1(C(=O)N2C[C@H](OCc3ccncc3)[C@H]3OCCC[C@H]32)CC=CCC1. The summed E-state index contributed by atoms with van der Waals surface area (Å²) in [5.74, 6) is 0.275. The van der Waals surface area contributed by atoms with Crippen LogP contribution >= 0.6 is 0 Å². The van der Waals surface area contributed by atoms with Crippen molar-refractivity contribution in [2.45, 2.75) is 63.9 Å². The van der Waals surface area contributed by atoms with Crippen molar-refractivity contribution in [1.29, 1.82) is 0 Å². The molecule has 4 atom stereocenters. The number of nitrogens with zero attached hydrogens (tertiary/aromatic N) is 2.